The van der Waals surface area contributed by atoms with Gasteiger partial charge >= 0.3 is 0 Å². The number of hydrogen-bond acceptors (Lipinski definition) is 4. The first kappa shape index (κ1) is 22.7. The minimum Gasteiger partial charge on any atom is -0.362 e. The molecule has 0 aliphatic heterocycles. The lowest BCUT2D eigenvalue weighted by Gasteiger charge is -2.28. The number of aryl methyl sites for hydroxylation is 2. The summed E-state index contributed by atoms with van der Waals surface area (Å²) in [6.45, 7) is 0. The fourth-order valence-corrected chi connectivity index (χ4v) is 5.23. The van der Waals surface area contributed by atoms with Crippen molar-refractivity contribution in [2.45, 2.75) is 70.6 Å². The maximum atomic E-state index is 4.87. The van der Waals surface area contributed by atoms with Crippen LogP contribution in [0.25, 0.3) is 10.9 Å². The molecule has 0 saturated heterocycles. The van der Waals surface area contributed by atoms with E-state index in [4.69, 9.17) is 9.97 Å². The van der Waals surface area contributed by atoms with Crippen LogP contribution >= 0.6 is 0 Å². The smallest absolute Gasteiger partial charge is 0.139 e. The molecule has 2 aromatic heterocycles. The van der Waals surface area contributed by atoms with Crippen molar-refractivity contribution in [2.24, 2.45) is 11.8 Å². The van der Waals surface area contributed by atoms with Gasteiger partial charge in [-0.3, -0.25) is 4.98 Å². The molecule has 4 nitrogen and oxygen atoms in total. The van der Waals surface area contributed by atoms with Gasteiger partial charge in [0.25, 0.3) is 0 Å². The highest BCUT2D eigenvalue weighted by molar-refractivity contribution is 5.89. The first-order valence-corrected chi connectivity index (χ1v) is 12.5. The molecular formula is C28H38N4. The number of benzene rings is 1. The van der Waals surface area contributed by atoms with Crippen molar-refractivity contribution < 1.29 is 0 Å². The van der Waals surface area contributed by atoms with E-state index in [0.29, 0.717) is 0 Å². The van der Waals surface area contributed by atoms with Gasteiger partial charge in [-0.1, -0.05) is 57.1 Å². The molecule has 0 atom stereocenters. The predicted octanol–water partition coefficient (Wildman–Crippen LogP) is 6.63. The van der Waals surface area contributed by atoms with Gasteiger partial charge in [0, 0.05) is 38.3 Å². The van der Waals surface area contributed by atoms with E-state index in [1.54, 1.807) is 0 Å². The molecule has 3 aromatic rings. The third kappa shape index (κ3) is 6.27. The molecule has 1 aromatic carbocycles. The molecule has 1 saturated carbocycles. The fourth-order valence-electron chi connectivity index (χ4n) is 5.23. The zero-order chi connectivity index (χ0) is 22.2. The normalized spacial score (nSPS) is 18.7. The quantitative estimate of drug-likeness (QED) is 0.338. The number of nitrogens with zero attached hydrogens (tertiary/aromatic N) is 4. The van der Waals surface area contributed by atoms with Crippen LogP contribution in [0.4, 0.5) is 5.82 Å². The summed E-state index contributed by atoms with van der Waals surface area (Å²) in [7, 11) is 4.13. The van der Waals surface area contributed by atoms with E-state index in [-0.39, 0.29) is 0 Å². The van der Waals surface area contributed by atoms with Gasteiger partial charge in [0.2, 0.25) is 0 Å². The Labute approximate surface area is 193 Å². The summed E-state index contributed by atoms with van der Waals surface area (Å²) >= 11 is 0. The molecule has 0 radical (unpaired) electrons. The van der Waals surface area contributed by atoms with Crippen LogP contribution in [0, 0.1) is 11.8 Å². The SMILES string of the molecule is CN(C)c1nc(CCCC2CCC(CCCCc3ccncc3)CC2)nc2ccccc12. The number of para-hydroxylation sites is 1. The molecule has 0 amide bonds. The highest BCUT2D eigenvalue weighted by atomic mass is 15.1. The third-order valence-electron chi connectivity index (χ3n) is 7.11. The van der Waals surface area contributed by atoms with Gasteiger partial charge in [0.1, 0.15) is 11.6 Å². The standard InChI is InChI=1S/C28H38N4/c1-32(2)28-25-11-5-6-12-26(25)30-27(31-28)13-7-10-23-16-14-22(15-17-23)8-3-4-9-24-18-20-29-21-19-24/h5-6,11-12,18-23H,3-4,7-10,13-17H2,1-2H3. The van der Waals surface area contributed by atoms with Crippen LogP contribution in [0.2, 0.25) is 0 Å². The van der Waals surface area contributed by atoms with Crippen LogP contribution in [-0.4, -0.2) is 29.0 Å². The molecule has 0 bridgehead atoms. The third-order valence-corrected chi connectivity index (χ3v) is 7.11. The van der Waals surface area contributed by atoms with Crippen molar-refractivity contribution in [1.29, 1.82) is 0 Å². The number of rotatable bonds is 10. The number of unbranched alkanes of at least 4 members (excludes halogenated alkanes) is 1. The van der Waals surface area contributed by atoms with Crippen LogP contribution in [0.1, 0.15) is 69.2 Å². The van der Waals surface area contributed by atoms with E-state index in [0.717, 1.165) is 40.8 Å². The van der Waals surface area contributed by atoms with E-state index in [1.807, 2.05) is 12.4 Å². The number of pyridine rings is 1. The highest BCUT2D eigenvalue weighted by Crippen LogP contribution is 2.34. The Morgan fingerprint density at radius 3 is 2.19 bits per heavy atom. The number of aromatic nitrogens is 3. The first-order valence-electron chi connectivity index (χ1n) is 12.5. The fraction of sp³-hybridized carbons (Fsp3) is 0.536. The lowest BCUT2D eigenvalue weighted by Crippen LogP contribution is -2.15. The summed E-state index contributed by atoms with van der Waals surface area (Å²) < 4.78 is 0. The number of fused-ring (bicyclic) bond motifs is 1. The zero-order valence-electron chi connectivity index (χ0n) is 19.8. The van der Waals surface area contributed by atoms with Crippen molar-refractivity contribution in [3.8, 4) is 0 Å². The van der Waals surface area contributed by atoms with Crippen LogP contribution in [0.15, 0.2) is 48.8 Å². The molecular weight excluding hydrogens is 392 g/mol. The Morgan fingerprint density at radius 1 is 0.781 bits per heavy atom. The molecule has 1 aliphatic carbocycles. The molecule has 4 rings (SSSR count). The average molecular weight is 431 g/mol. The average Bonchev–Trinajstić information content (AvgIpc) is 2.83. The summed E-state index contributed by atoms with van der Waals surface area (Å²) in [5.74, 6) is 3.89. The van der Waals surface area contributed by atoms with E-state index < -0.39 is 0 Å². The molecule has 1 fully saturated rings. The second kappa shape index (κ2) is 11.4. The molecule has 4 heteroatoms. The van der Waals surface area contributed by atoms with E-state index in [2.05, 4.69) is 60.4 Å². The molecule has 1 aliphatic rings. The van der Waals surface area contributed by atoms with Gasteiger partial charge in [-0.25, -0.2) is 9.97 Å². The Hall–Kier alpha value is -2.49. The van der Waals surface area contributed by atoms with Gasteiger partial charge in [-0.15, -0.1) is 0 Å². The highest BCUT2D eigenvalue weighted by Gasteiger charge is 2.20. The molecule has 32 heavy (non-hydrogen) atoms. The van der Waals surface area contributed by atoms with Crippen LogP contribution < -0.4 is 4.90 Å². The molecule has 2 heterocycles. The maximum absolute atomic E-state index is 4.87. The van der Waals surface area contributed by atoms with Crippen molar-refractivity contribution in [1.82, 2.24) is 15.0 Å². The van der Waals surface area contributed by atoms with Gasteiger partial charge in [-0.05, 0) is 60.9 Å². The summed E-state index contributed by atoms with van der Waals surface area (Å²) in [6, 6.07) is 12.6. The Bertz CT molecular complexity index is 962. The van der Waals surface area contributed by atoms with Crippen molar-refractivity contribution in [3.63, 3.8) is 0 Å². The molecule has 0 N–H and O–H groups in total. The molecule has 0 spiro atoms. The lowest BCUT2D eigenvalue weighted by molar-refractivity contribution is 0.246. The van der Waals surface area contributed by atoms with Crippen molar-refractivity contribution in [2.75, 3.05) is 19.0 Å². The van der Waals surface area contributed by atoms with E-state index in [9.17, 15) is 0 Å². The molecule has 170 valence electrons. The van der Waals surface area contributed by atoms with Gasteiger partial charge in [0.05, 0.1) is 5.52 Å². The second-order valence-corrected chi connectivity index (χ2v) is 9.76. The maximum Gasteiger partial charge on any atom is 0.139 e. The zero-order valence-corrected chi connectivity index (χ0v) is 19.8. The second-order valence-electron chi connectivity index (χ2n) is 9.76. The van der Waals surface area contributed by atoms with Crippen LogP contribution in [-0.2, 0) is 12.8 Å². The number of anilines is 1. The Balaban J connectivity index is 1.16. The summed E-state index contributed by atoms with van der Waals surface area (Å²) in [6.07, 6.45) is 18.3. The monoisotopic (exact) mass is 430 g/mol. The summed E-state index contributed by atoms with van der Waals surface area (Å²) in [4.78, 5) is 15.9. The lowest BCUT2D eigenvalue weighted by atomic mass is 9.78. The topological polar surface area (TPSA) is 41.9 Å². The van der Waals surface area contributed by atoms with Crippen LogP contribution in [0.5, 0.6) is 0 Å². The summed E-state index contributed by atoms with van der Waals surface area (Å²) in [5.41, 5.74) is 2.49. The van der Waals surface area contributed by atoms with E-state index >= 15 is 0 Å². The van der Waals surface area contributed by atoms with Gasteiger partial charge < -0.3 is 4.90 Å². The van der Waals surface area contributed by atoms with Crippen molar-refractivity contribution >= 4 is 16.7 Å². The van der Waals surface area contributed by atoms with E-state index in [1.165, 1.54) is 69.8 Å². The van der Waals surface area contributed by atoms with Gasteiger partial charge in [-0.2, -0.15) is 0 Å². The predicted molar refractivity (Wildman–Crippen MR) is 134 cm³/mol. The van der Waals surface area contributed by atoms with Crippen LogP contribution in [0.3, 0.4) is 0 Å². The largest absolute Gasteiger partial charge is 0.362 e. The first-order chi connectivity index (χ1) is 15.7. The minimum absolute atomic E-state index is 0.900. The Morgan fingerprint density at radius 2 is 1.47 bits per heavy atom. The summed E-state index contributed by atoms with van der Waals surface area (Å²) in [5, 5.41) is 1.14. The minimum atomic E-state index is 0.900. The Kier molecular flexibility index (Phi) is 8.08. The molecule has 0 unspecified atom stereocenters. The number of hydrogen-bond donors (Lipinski definition) is 0. The van der Waals surface area contributed by atoms with Crippen molar-refractivity contribution in [3.05, 3.63) is 60.2 Å². The van der Waals surface area contributed by atoms with Gasteiger partial charge in [0.15, 0.2) is 0 Å².